The molecule has 2 aromatic carbocycles. The maximum atomic E-state index is 12.5. The van der Waals surface area contributed by atoms with Crippen molar-refractivity contribution in [1.29, 1.82) is 0 Å². The van der Waals surface area contributed by atoms with E-state index in [-0.39, 0.29) is 28.5 Å². The highest BCUT2D eigenvalue weighted by atomic mass is 32.2. The van der Waals surface area contributed by atoms with Gasteiger partial charge in [0.1, 0.15) is 5.75 Å². The summed E-state index contributed by atoms with van der Waals surface area (Å²) in [5.41, 5.74) is 6.20. The van der Waals surface area contributed by atoms with E-state index in [2.05, 4.69) is 9.46 Å². The average molecular weight is 378 g/mol. The van der Waals surface area contributed by atoms with Gasteiger partial charge in [0.05, 0.1) is 17.7 Å². The maximum Gasteiger partial charge on any atom is 0.343 e. The fourth-order valence-corrected chi connectivity index (χ4v) is 3.17. The molecule has 0 radical (unpaired) electrons. The van der Waals surface area contributed by atoms with Crippen molar-refractivity contribution in [2.75, 3.05) is 18.4 Å². The molecule has 138 valence electrons. The fraction of sp³-hybridized carbons (Fsp3) is 0.176. The van der Waals surface area contributed by atoms with E-state index in [0.29, 0.717) is 5.56 Å². The molecular weight excluding hydrogens is 360 g/mol. The minimum Gasteiger partial charge on any atom is -0.482 e. The molecule has 9 heteroatoms. The van der Waals surface area contributed by atoms with Gasteiger partial charge < -0.3 is 15.2 Å². The summed E-state index contributed by atoms with van der Waals surface area (Å²) >= 11 is 0. The van der Waals surface area contributed by atoms with Crippen molar-refractivity contribution in [3.05, 3.63) is 53.6 Å². The number of hydrogen-bond acceptors (Lipinski definition) is 6. The highest BCUT2D eigenvalue weighted by molar-refractivity contribution is 7.92. The van der Waals surface area contributed by atoms with Gasteiger partial charge in [-0.2, -0.15) is 0 Å². The largest absolute Gasteiger partial charge is 0.482 e. The summed E-state index contributed by atoms with van der Waals surface area (Å²) in [6.45, 7) is 1.36. The third-order valence-corrected chi connectivity index (χ3v) is 4.83. The van der Waals surface area contributed by atoms with E-state index < -0.39 is 21.9 Å². The quantitative estimate of drug-likeness (QED) is 0.703. The number of amides is 1. The molecule has 0 aliphatic carbocycles. The number of benzene rings is 2. The van der Waals surface area contributed by atoms with Gasteiger partial charge in [0.15, 0.2) is 6.61 Å². The zero-order valence-corrected chi connectivity index (χ0v) is 15.0. The van der Waals surface area contributed by atoms with E-state index in [9.17, 15) is 18.0 Å². The first-order valence-electron chi connectivity index (χ1n) is 7.46. The summed E-state index contributed by atoms with van der Waals surface area (Å²) in [5.74, 6) is -0.982. The normalized spacial score (nSPS) is 10.8. The molecule has 8 nitrogen and oxygen atoms in total. The molecule has 2 aromatic rings. The van der Waals surface area contributed by atoms with Crippen LogP contribution in [0.15, 0.2) is 47.4 Å². The van der Waals surface area contributed by atoms with Crippen LogP contribution >= 0.6 is 0 Å². The molecule has 2 rings (SSSR count). The second kappa shape index (κ2) is 7.87. The number of methoxy groups -OCH3 is 1. The number of carbonyl (C=O) groups is 2. The minimum atomic E-state index is -3.94. The Hall–Kier alpha value is -3.07. The Bertz CT molecular complexity index is 940. The lowest BCUT2D eigenvalue weighted by Gasteiger charge is -2.11. The van der Waals surface area contributed by atoms with Gasteiger partial charge in [0, 0.05) is 11.6 Å². The average Bonchev–Trinajstić information content (AvgIpc) is 2.59. The van der Waals surface area contributed by atoms with Crippen LogP contribution in [0.3, 0.4) is 0 Å². The van der Waals surface area contributed by atoms with E-state index >= 15 is 0 Å². The number of hydrogen-bond donors (Lipinski definition) is 2. The molecule has 0 heterocycles. The molecule has 0 saturated heterocycles. The number of sulfonamides is 1. The SMILES string of the molecule is COC(=O)COc1cccc(NS(=O)(=O)c2ccc(C)c(C(N)=O)c2)c1. The fourth-order valence-electron chi connectivity index (χ4n) is 2.10. The van der Waals surface area contributed by atoms with Crippen LogP contribution in [-0.4, -0.2) is 34.0 Å². The lowest BCUT2D eigenvalue weighted by atomic mass is 10.1. The van der Waals surface area contributed by atoms with Gasteiger partial charge in [0.2, 0.25) is 5.91 Å². The van der Waals surface area contributed by atoms with Crippen LogP contribution < -0.4 is 15.2 Å². The zero-order valence-electron chi connectivity index (χ0n) is 14.2. The Balaban J connectivity index is 2.23. The van der Waals surface area contributed by atoms with E-state index in [1.807, 2.05) is 0 Å². The summed E-state index contributed by atoms with van der Waals surface area (Å²) in [5, 5.41) is 0. The standard InChI is InChI=1S/C17H18N2O6S/c1-11-6-7-14(9-15(11)17(18)21)26(22,23)19-12-4-3-5-13(8-12)25-10-16(20)24-2/h3-9,19H,10H2,1-2H3,(H2,18,21). The predicted octanol–water partition coefficient (Wildman–Crippen LogP) is 1.45. The van der Waals surface area contributed by atoms with Crippen LogP contribution in [-0.2, 0) is 19.6 Å². The first-order valence-corrected chi connectivity index (χ1v) is 8.94. The number of primary amides is 1. The number of anilines is 1. The summed E-state index contributed by atoms with van der Waals surface area (Å²) in [6.07, 6.45) is 0. The smallest absolute Gasteiger partial charge is 0.343 e. The van der Waals surface area contributed by atoms with E-state index in [1.165, 1.54) is 37.4 Å². The lowest BCUT2D eigenvalue weighted by Crippen LogP contribution is -2.17. The van der Waals surface area contributed by atoms with Crippen LogP contribution in [0.1, 0.15) is 15.9 Å². The first-order chi connectivity index (χ1) is 12.2. The molecule has 0 fully saturated rings. The number of carbonyl (C=O) groups excluding carboxylic acids is 2. The van der Waals surface area contributed by atoms with Crippen LogP contribution in [0.25, 0.3) is 0 Å². The van der Waals surface area contributed by atoms with Gasteiger partial charge in [-0.25, -0.2) is 13.2 Å². The molecule has 26 heavy (non-hydrogen) atoms. The van der Waals surface area contributed by atoms with E-state index in [0.717, 1.165) is 0 Å². The summed E-state index contributed by atoms with van der Waals surface area (Å²) in [6, 6.07) is 10.2. The highest BCUT2D eigenvalue weighted by Gasteiger charge is 2.17. The molecule has 0 aliphatic rings. The highest BCUT2D eigenvalue weighted by Crippen LogP contribution is 2.22. The first kappa shape index (κ1) is 19.3. The number of rotatable bonds is 7. The van der Waals surface area contributed by atoms with Gasteiger partial charge >= 0.3 is 5.97 Å². The van der Waals surface area contributed by atoms with Crippen molar-refractivity contribution in [1.82, 2.24) is 0 Å². The maximum absolute atomic E-state index is 12.5. The Morgan fingerprint density at radius 3 is 2.54 bits per heavy atom. The van der Waals surface area contributed by atoms with Crippen LogP contribution in [0, 0.1) is 6.92 Å². The van der Waals surface area contributed by atoms with Gasteiger partial charge in [-0.05, 0) is 36.8 Å². The number of nitrogens with one attached hydrogen (secondary N) is 1. The van der Waals surface area contributed by atoms with Crippen molar-refractivity contribution in [2.24, 2.45) is 5.73 Å². The number of nitrogens with two attached hydrogens (primary N) is 1. The zero-order chi connectivity index (χ0) is 19.3. The van der Waals surface area contributed by atoms with Gasteiger partial charge in [-0.3, -0.25) is 9.52 Å². The molecule has 0 aliphatic heterocycles. The van der Waals surface area contributed by atoms with Crippen molar-refractivity contribution in [3.63, 3.8) is 0 Å². The van der Waals surface area contributed by atoms with Gasteiger partial charge in [0.25, 0.3) is 10.0 Å². The van der Waals surface area contributed by atoms with E-state index in [1.54, 1.807) is 19.1 Å². The molecule has 1 amide bonds. The predicted molar refractivity (Wildman–Crippen MR) is 94.5 cm³/mol. The molecule has 0 bridgehead atoms. The van der Waals surface area contributed by atoms with Crippen molar-refractivity contribution in [3.8, 4) is 5.75 Å². The van der Waals surface area contributed by atoms with Gasteiger partial charge in [-0.1, -0.05) is 12.1 Å². The summed E-state index contributed by atoms with van der Waals surface area (Å²) in [7, 11) is -2.71. The second-order valence-corrected chi connectivity index (χ2v) is 7.02. The van der Waals surface area contributed by atoms with E-state index in [4.69, 9.17) is 10.5 Å². The monoisotopic (exact) mass is 378 g/mol. The summed E-state index contributed by atoms with van der Waals surface area (Å²) in [4.78, 5) is 22.4. The molecule has 0 saturated carbocycles. The van der Waals surface area contributed by atoms with Crippen LogP contribution in [0.2, 0.25) is 0 Å². The number of ether oxygens (including phenoxy) is 2. The Morgan fingerprint density at radius 2 is 1.88 bits per heavy atom. The molecule has 3 N–H and O–H groups in total. The summed E-state index contributed by atoms with van der Waals surface area (Å²) < 4.78 is 37.1. The molecule has 0 aromatic heterocycles. The van der Waals surface area contributed by atoms with Crippen molar-refractivity contribution >= 4 is 27.6 Å². The Morgan fingerprint density at radius 1 is 1.15 bits per heavy atom. The molecule has 0 unspecified atom stereocenters. The topological polar surface area (TPSA) is 125 Å². The van der Waals surface area contributed by atoms with Crippen LogP contribution in [0.5, 0.6) is 5.75 Å². The number of aryl methyl sites for hydroxylation is 1. The second-order valence-electron chi connectivity index (χ2n) is 5.34. The number of esters is 1. The van der Waals surface area contributed by atoms with Crippen molar-refractivity contribution < 1.29 is 27.5 Å². The lowest BCUT2D eigenvalue weighted by molar-refractivity contribution is -0.142. The molecule has 0 atom stereocenters. The molecule has 0 spiro atoms. The Labute approximate surface area is 151 Å². The van der Waals surface area contributed by atoms with Gasteiger partial charge in [-0.15, -0.1) is 0 Å². The van der Waals surface area contributed by atoms with Crippen LogP contribution in [0.4, 0.5) is 5.69 Å². The minimum absolute atomic E-state index is 0.0993. The Kier molecular flexibility index (Phi) is 5.83. The molecular formula is C17H18N2O6S. The third kappa shape index (κ3) is 4.73. The van der Waals surface area contributed by atoms with Crippen molar-refractivity contribution in [2.45, 2.75) is 11.8 Å². The third-order valence-electron chi connectivity index (χ3n) is 3.46.